The molecular formula is C16H22N2O3. The van der Waals surface area contributed by atoms with E-state index < -0.39 is 11.9 Å². The Bertz CT molecular complexity index is 499. The first-order valence-corrected chi connectivity index (χ1v) is 7.37. The first-order chi connectivity index (χ1) is 10.1. The molecule has 0 radical (unpaired) electrons. The predicted molar refractivity (Wildman–Crippen MR) is 80.2 cm³/mol. The highest BCUT2D eigenvalue weighted by Gasteiger charge is 2.27. The molecule has 1 aliphatic heterocycles. The second-order valence-electron chi connectivity index (χ2n) is 5.59. The summed E-state index contributed by atoms with van der Waals surface area (Å²) >= 11 is 0. The molecule has 1 atom stereocenters. The molecule has 1 aliphatic rings. The van der Waals surface area contributed by atoms with Crippen molar-refractivity contribution in [1.29, 1.82) is 0 Å². The maximum Gasteiger partial charge on any atom is 0.317 e. The molecule has 1 aromatic rings. The number of amides is 2. The Kier molecular flexibility index (Phi) is 5.20. The van der Waals surface area contributed by atoms with Gasteiger partial charge in [0.15, 0.2) is 0 Å². The lowest BCUT2D eigenvalue weighted by Gasteiger charge is -2.30. The van der Waals surface area contributed by atoms with Gasteiger partial charge in [0.2, 0.25) is 0 Å². The summed E-state index contributed by atoms with van der Waals surface area (Å²) in [6.45, 7) is 3.56. The van der Waals surface area contributed by atoms with Crippen molar-refractivity contribution < 1.29 is 14.7 Å². The van der Waals surface area contributed by atoms with Crippen molar-refractivity contribution >= 4 is 12.0 Å². The molecule has 1 aromatic carbocycles. The molecule has 0 spiro atoms. The number of nitrogens with one attached hydrogen (secondary N) is 1. The summed E-state index contributed by atoms with van der Waals surface area (Å²) < 4.78 is 0. The van der Waals surface area contributed by atoms with E-state index in [1.54, 1.807) is 4.90 Å². The van der Waals surface area contributed by atoms with E-state index in [9.17, 15) is 9.59 Å². The van der Waals surface area contributed by atoms with Crippen LogP contribution in [0.25, 0.3) is 0 Å². The zero-order chi connectivity index (χ0) is 15.2. The predicted octanol–water partition coefficient (Wildman–Crippen LogP) is 2.04. The fourth-order valence-electron chi connectivity index (χ4n) is 2.54. The van der Waals surface area contributed by atoms with Gasteiger partial charge >= 0.3 is 12.0 Å². The molecule has 114 valence electrons. The van der Waals surface area contributed by atoms with Crippen molar-refractivity contribution in [2.75, 3.05) is 19.6 Å². The van der Waals surface area contributed by atoms with Gasteiger partial charge in [0.05, 0.1) is 5.92 Å². The number of piperidine rings is 1. The molecule has 1 fully saturated rings. The fraction of sp³-hybridized carbons (Fsp3) is 0.500. The molecule has 1 heterocycles. The minimum absolute atomic E-state index is 0.159. The van der Waals surface area contributed by atoms with Crippen LogP contribution in [0, 0.1) is 12.8 Å². The summed E-state index contributed by atoms with van der Waals surface area (Å²) in [5.41, 5.74) is 2.40. The zero-order valence-electron chi connectivity index (χ0n) is 12.3. The molecule has 2 rings (SSSR count). The third-order valence-corrected chi connectivity index (χ3v) is 3.87. The number of aryl methyl sites for hydroxylation is 1. The Labute approximate surface area is 125 Å². The monoisotopic (exact) mass is 290 g/mol. The maximum atomic E-state index is 12.0. The van der Waals surface area contributed by atoms with E-state index in [1.165, 1.54) is 11.1 Å². The lowest BCUT2D eigenvalue weighted by Crippen LogP contribution is -2.47. The van der Waals surface area contributed by atoms with Gasteiger partial charge in [-0.3, -0.25) is 4.79 Å². The van der Waals surface area contributed by atoms with E-state index in [2.05, 4.69) is 29.6 Å². The van der Waals surface area contributed by atoms with Gasteiger partial charge in [-0.2, -0.15) is 0 Å². The molecule has 2 amide bonds. The number of nitrogens with zero attached hydrogens (tertiary/aromatic N) is 1. The molecule has 5 heteroatoms. The largest absolute Gasteiger partial charge is 0.481 e. The van der Waals surface area contributed by atoms with Gasteiger partial charge < -0.3 is 15.3 Å². The number of aliphatic carboxylic acids is 1. The topological polar surface area (TPSA) is 69.6 Å². The van der Waals surface area contributed by atoms with Crippen molar-refractivity contribution in [3.05, 3.63) is 35.4 Å². The number of urea groups is 1. The van der Waals surface area contributed by atoms with Crippen LogP contribution >= 0.6 is 0 Å². The van der Waals surface area contributed by atoms with Crippen molar-refractivity contribution in [2.24, 2.45) is 5.92 Å². The van der Waals surface area contributed by atoms with Crippen LogP contribution in [-0.2, 0) is 11.2 Å². The minimum Gasteiger partial charge on any atom is -0.481 e. The van der Waals surface area contributed by atoms with Crippen LogP contribution in [0.2, 0.25) is 0 Å². The summed E-state index contributed by atoms with van der Waals surface area (Å²) in [5, 5.41) is 11.9. The Morgan fingerprint density at radius 1 is 1.33 bits per heavy atom. The van der Waals surface area contributed by atoms with Crippen molar-refractivity contribution in [3.8, 4) is 0 Å². The number of carboxylic acids is 1. The van der Waals surface area contributed by atoms with E-state index in [0.29, 0.717) is 26.1 Å². The van der Waals surface area contributed by atoms with Gasteiger partial charge in [0, 0.05) is 19.6 Å². The molecule has 5 nitrogen and oxygen atoms in total. The van der Waals surface area contributed by atoms with E-state index in [0.717, 1.165) is 12.8 Å². The molecule has 1 unspecified atom stereocenters. The quantitative estimate of drug-likeness (QED) is 0.891. The molecule has 0 aliphatic carbocycles. The second-order valence-corrected chi connectivity index (χ2v) is 5.59. The van der Waals surface area contributed by atoms with E-state index in [4.69, 9.17) is 5.11 Å². The van der Waals surface area contributed by atoms with Gasteiger partial charge in [-0.15, -0.1) is 0 Å². The normalized spacial score (nSPS) is 18.3. The SMILES string of the molecule is Cc1ccc(CCNC(=O)N2CCCC(C(=O)O)C2)cc1. The van der Waals surface area contributed by atoms with Gasteiger partial charge in [-0.25, -0.2) is 4.79 Å². The van der Waals surface area contributed by atoms with Gasteiger partial charge in [-0.05, 0) is 31.7 Å². The summed E-state index contributed by atoms with van der Waals surface area (Å²) in [6.07, 6.45) is 2.19. The molecule has 2 N–H and O–H groups in total. The summed E-state index contributed by atoms with van der Waals surface area (Å²) in [4.78, 5) is 24.6. The van der Waals surface area contributed by atoms with E-state index >= 15 is 0 Å². The van der Waals surface area contributed by atoms with Gasteiger partial charge in [0.25, 0.3) is 0 Å². The van der Waals surface area contributed by atoms with Crippen LogP contribution in [0.1, 0.15) is 24.0 Å². The lowest BCUT2D eigenvalue weighted by molar-refractivity contribution is -0.143. The van der Waals surface area contributed by atoms with E-state index in [-0.39, 0.29) is 6.03 Å². The Morgan fingerprint density at radius 3 is 2.71 bits per heavy atom. The number of carbonyl (C=O) groups excluding carboxylic acids is 1. The highest BCUT2D eigenvalue weighted by Crippen LogP contribution is 2.16. The van der Waals surface area contributed by atoms with Crippen LogP contribution in [0.15, 0.2) is 24.3 Å². The maximum absolute atomic E-state index is 12.0. The summed E-state index contributed by atoms with van der Waals surface area (Å²) in [7, 11) is 0. The highest BCUT2D eigenvalue weighted by molar-refractivity contribution is 5.76. The Morgan fingerprint density at radius 2 is 2.05 bits per heavy atom. The van der Waals surface area contributed by atoms with Crippen molar-refractivity contribution in [1.82, 2.24) is 10.2 Å². The van der Waals surface area contributed by atoms with E-state index in [1.807, 2.05) is 6.92 Å². The number of benzene rings is 1. The lowest BCUT2D eigenvalue weighted by atomic mass is 9.99. The first-order valence-electron chi connectivity index (χ1n) is 7.37. The van der Waals surface area contributed by atoms with Crippen LogP contribution in [-0.4, -0.2) is 41.6 Å². The first kappa shape index (κ1) is 15.4. The number of carboxylic acid groups (broad SMARTS) is 1. The summed E-state index contributed by atoms with van der Waals surface area (Å²) in [6, 6.07) is 8.07. The van der Waals surface area contributed by atoms with Crippen LogP contribution in [0.4, 0.5) is 4.79 Å². The van der Waals surface area contributed by atoms with Gasteiger partial charge in [-0.1, -0.05) is 29.8 Å². The number of hydrogen-bond donors (Lipinski definition) is 2. The smallest absolute Gasteiger partial charge is 0.317 e. The molecule has 1 saturated heterocycles. The minimum atomic E-state index is -0.813. The zero-order valence-corrected chi connectivity index (χ0v) is 12.3. The average Bonchev–Trinajstić information content (AvgIpc) is 2.49. The molecule has 0 bridgehead atoms. The van der Waals surface area contributed by atoms with Gasteiger partial charge in [0.1, 0.15) is 0 Å². The summed E-state index contributed by atoms with van der Waals surface area (Å²) in [5.74, 6) is -1.24. The highest BCUT2D eigenvalue weighted by atomic mass is 16.4. The number of rotatable bonds is 4. The molecular weight excluding hydrogens is 268 g/mol. The average molecular weight is 290 g/mol. The Balaban J connectivity index is 1.76. The van der Waals surface area contributed by atoms with Crippen molar-refractivity contribution in [2.45, 2.75) is 26.2 Å². The van der Waals surface area contributed by atoms with Crippen molar-refractivity contribution in [3.63, 3.8) is 0 Å². The molecule has 0 saturated carbocycles. The van der Waals surface area contributed by atoms with Crippen LogP contribution < -0.4 is 5.32 Å². The number of hydrogen-bond acceptors (Lipinski definition) is 2. The third-order valence-electron chi connectivity index (χ3n) is 3.87. The molecule has 0 aromatic heterocycles. The van der Waals surface area contributed by atoms with Crippen LogP contribution in [0.5, 0.6) is 0 Å². The second kappa shape index (κ2) is 7.11. The Hall–Kier alpha value is -2.04. The number of carbonyl (C=O) groups is 2. The number of likely N-dealkylation sites (tertiary alicyclic amines) is 1. The standard InChI is InChI=1S/C16H22N2O3/c1-12-4-6-13(7-5-12)8-9-17-16(21)18-10-2-3-14(11-18)15(19)20/h4-7,14H,2-3,8-11H2,1H3,(H,17,21)(H,19,20). The fourth-order valence-corrected chi connectivity index (χ4v) is 2.54. The third kappa shape index (κ3) is 4.48. The van der Waals surface area contributed by atoms with Crippen LogP contribution in [0.3, 0.4) is 0 Å². The molecule has 21 heavy (non-hydrogen) atoms.